The molecule has 5 nitrogen and oxygen atoms in total. The fraction of sp³-hybridized carbons (Fsp3) is 0.889. The molecule has 1 aliphatic carbocycles. The van der Waals surface area contributed by atoms with Crippen molar-refractivity contribution in [3.05, 3.63) is 0 Å². The standard InChI is InChI=1S/C9H15NO4/c1-10-4-2-5(10)8(12)7(9(13)14)6(11)3-4/h4-8,11-12H,2-3H2,1H3,(H,13,14)/t4-,5+,6-,7-,8?/m1/s1. The Morgan fingerprint density at radius 2 is 2.00 bits per heavy atom. The number of likely N-dealkylation sites (N-methyl/N-ethyl adjacent to an activating group) is 1. The minimum Gasteiger partial charge on any atom is -0.481 e. The summed E-state index contributed by atoms with van der Waals surface area (Å²) in [6.45, 7) is 0. The number of aliphatic hydroxyl groups excluding tert-OH is 2. The Morgan fingerprint density at radius 1 is 1.36 bits per heavy atom. The molecule has 2 bridgehead atoms. The zero-order chi connectivity index (χ0) is 10.5. The van der Waals surface area contributed by atoms with Crippen LogP contribution in [0.25, 0.3) is 0 Å². The molecule has 2 saturated heterocycles. The lowest BCUT2D eigenvalue weighted by molar-refractivity contribution is -0.152. The number of aliphatic carboxylic acids is 1. The van der Waals surface area contributed by atoms with Crippen molar-refractivity contribution in [2.24, 2.45) is 5.92 Å². The van der Waals surface area contributed by atoms with Gasteiger partial charge in [-0.3, -0.25) is 9.69 Å². The van der Waals surface area contributed by atoms with E-state index in [1.807, 2.05) is 11.9 Å². The van der Waals surface area contributed by atoms with E-state index in [2.05, 4.69) is 0 Å². The Bertz CT molecular complexity index is 257. The predicted octanol–water partition coefficient (Wildman–Crippen LogP) is -1.11. The number of hydrogen-bond acceptors (Lipinski definition) is 4. The van der Waals surface area contributed by atoms with Crippen LogP contribution in [0.15, 0.2) is 0 Å². The molecule has 80 valence electrons. The van der Waals surface area contributed by atoms with E-state index in [4.69, 9.17) is 5.11 Å². The zero-order valence-electron chi connectivity index (χ0n) is 8.00. The van der Waals surface area contributed by atoms with Gasteiger partial charge in [0.25, 0.3) is 0 Å². The molecular weight excluding hydrogens is 186 g/mol. The first-order valence-corrected chi connectivity index (χ1v) is 4.83. The van der Waals surface area contributed by atoms with Crippen LogP contribution in [-0.4, -0.2) is 57.5 Å². The van der Waals surface area contributed by atoms with Crippen LogP contribution >= 0.6 is 0 Å². The van der Waals surface area contributed by atoms with Gasteiger partial charge < -0.3 is 15.3 Å². The number of nitrogens with zero attached hydrogens (tertiary/aromatic N) is 1. The Labute approximate surface area is 82.0 Å². The van der Waals surface area contributed by atoms with E-state index in [0.29, 0.717) is 6.42 Å². The number of hydrogen-bond donors (Lipinski definition) is 3. The molecule has 3 rings (SSSR count). The van der Waals surface area contributed by atoms with Crippen molar-refractivity contribution in [3.63, 3.8) is 0 Å². The predicted molar refractivity (Wildman–Crippen MR) is 47.7 cm³/mol. The molecule has 5 heteroatoms. The first-order chi connectivity index (χ1) is 6.52. The normalized spacial score (nSPS) is 48.1. The highest BCUT2D eigenvalue weighted by atomic mass is 16.4. The molecule has 14 heavy (non-hydrogen) atoms. The molecule has 5 atom stereocenters. The van der Waals surface area contributed by atoms with Gasteiger partial charge in [0, 0.05) is 12.1 Å². The molecule has 2 heterocycles. The monoisotopic (exact) mass is 201 g/mol. The van der Waals surface area contributed by atoms with Gasteiger partial charge >= 0.3 is 5.97 Å². The van der Waals surface area contributed by atoms with E-state index in [1.54, 1.807) is 0 Å². The quantitative estimate of drug-likeness (QED) is 0.501. The Kier molecular flexibility index (Phi) is 2.25. The van der Waals surface area contributed by atoms with Crippen LogP contribution in [-0.2, 0) is 4.79 Å². The van der Waals surface area contributed by atoms with Gasteiger partial charge in [0.2, 0.25) is 0 Å². The smallest absolute Gasteiger partial charge is 0.311 e. The van der Waals surface area contributed by atoms with E-state index in [9.17, 15) is 15.0 Å². The summed E-state index contributed by atoms with van der Waals surface area (Å²) in [4.78, 5) is 12.8. The van der Waals surface area contributed by atoms with Gasteiger partial charge in [-0.2, -0.15) is 0 Å². The van der Waals surface area contributed by atoms with Gasteiger partial charge in [-0.15, -0.1) is 0 Å². The number of fused-ring (bicyclic) bond motifs is 3. The maximum atomic E-state index is 10.9. The summed E-state index contributed by atoms with van der Waals surface area (Å²) in [6.07, 6.45) is -0.645. The van der Waals surface area contributed by atoms with Gasteiger partial charge in [0.15, 0.2) is 0 Å². The van der Waals surface area contributed by atoms with Gasteiger partial charge in [0.1, 0.15) is 5.92 Å². The molecule has 0 aromatic carbocycles. The van der Waals surface area contributed by atoms with E-state index >= 15 is 0 Å². The third-order valence-corrected chi connectivity index (χ3v) is 3.59. The molecule has 3 fully saturated rings. The minimum absolute atomic E-state index is 0.0988. The number of carboxylic acid groups (broad SMARTS) is 1. The van der Waals surface area contributed by atoms with Crippen molar-refractivity contribution in [3.8, 4) is 0 Å². The van der Waals surface area contributed by atoms with Crippen LogP contribution in [0.3, 0.4) is 0 Å². The summed E-state index contributed by atoms with van der Waals surface area (Å²) < 4.78 is 0. The molecule has 1 unspecified atom stereocenters. The van der Waals surface area contributed by atoms with Crippen molar-refractivity contribution in [1.82, 2.24) is 4.90 Å². The average Bonchev–Trinajstić information content (AvgIpc) is 2.27. The summed E-state index contributed by atoms with van der Waals surface area (Å²) in [5.41, 5.74) is 0. The SMILES string of the molecule is CN1[C@H]2C[C@@H](O)[C@@H](C(=O)O)C(O)[C@@H]1C2. The van der Waals surface area contributed by atoms with Crippen molar-refractivity contribution in [1.29, 1.82) is 0 Å². The summed E-state index contributed by atoms with van der Waals surface area (Å²) in [5.74, 6) is -2.14. The Balaban J connectivity index is 2.21. The molecule has 1 saturated carbocycles. The largest absolute Gasteiger partial charge is 0.481 e. The fourth-order valence-electron chi connectivity index (χ4n) is 2.59. The van der Waals surface area contributed by atoms with Crippen molar-refractivity contribution < 1.29 is 20.1 Å². The number of rotatable bonds is 1. The summed E-state index contributed by atoms with van der Waals surface area (Å²) >= 11 is 0. The van der Waals surface area contributed by atoms with Gasteiger partial charge in [-0.05, 0) is 19.9 Å². The van der Waals surface area contributed by atoms with E-state index in [-0.39, 0.29) is 12.1 Å². The lowest BCUT2D eigenvalue weighted by Crippen LogP contribution is -2.58. The summed E-state index contributed by atoms with van der Waals surface area (Å²) in [6, 6.07) is 0.132. The highest BCUT2D eigenvalue weighted by Crippen LogP contribution is 2.38. The first-order valence-electron chi connectivity index (χ1n) is 4.83. The van der Waals surface area contributed by atoms with E-state index in [0.717, 1.165) is 6.42 Å². The summed E-state index contributed by atoms with van der Waals surface area (Å²) in [5, 5.41) is 28.3. The van der Waals surface area contributed by atoms with Gasteiger partial charge in [0.05, 0.1) is 12.2 Å². The lowest BCUT2D eigenvalue weighted by atomic mass is 9.89. The molecule has 0 spiro atoms. The average molecular weight is 201 g/mol. The second-order valence-electron chi connectivity index (χ2n) is 4.28. The number of carboxylic acids is 1. The molecule has 3 aliphatic rings. The molecule has 2 aliphatic heterocycles. The van der Waals surface area contributed by atoms with E-state index < -0.39 is 24.1 Å². The van der Waals surface area contributed by atoms with Gasteiger partial charge in [-0.25, -0.2) is 0 Å². The van der Waals surface area contributed by atoms with Crippen LogP contribution in [0.5, 0.6) is 0 Å². The molecule has 0 amide bonds. The molecular formula is C9H15NO4. The fourth-order valence-corrected chi connectivity index (χ4v) is 2.59. The summed E-state index contributed by atoms with van der Waals surface area (Å²) in [7, 11) is 1.86. The van der Waals surface area contributed by atoms with Crippen LogP contribution in [0.2, 0.25) is 0 Å². The first kappa shape index (κ1) is 9.89. The van der Waals surface area contributed by atoms with Crippen LogP contribution in [0.1, 0.15) is 12.8 Å². The second-order valence-corrected chi connectivity index (χ2v) is 4.28. The van der Waals surface area contributed by atoms with Crippen molar-refractivity contribution in [2.45, 2.75) is 37.1 Å². The van der Waals surface area contributed by atoms with E-state index in [1.165, 1.54) is 0 Å². The maximum Gasteiger partial charge on any atom is 0.311 e. The Hall–Kier alpha value is -0.650. The third-order valence-electron chi connectivity index (χ3n) is 3.59. The molecule has 3 N–H and O–H groups in total. The minimum atomic E-state index is -1.11. The molecule has 0 aromatic rings. The Morgan fingerprint density at radius 3 is 2.50 bits per heavy atom. The van der Waals surface area contributed by atoms with Crippen molar-refractivity contribution in [2.75, 3.05) is 7.05 Å². The highest BCUT2D eigenvalue weighted by Gasteiger charge is 2.51. The van der Waals surface area contributed by atoms with Crippen molar-refractivity contribution >= 4 is 5.97 Å². The zero-order valence-corrected chi connectivity index (χ0v) is 8.00. The third kappa shape index (κ3) is 1.24. The number of carbonyl (C=O) groups is 1. The topological polar surface area (TPSA) is 81.0 Å². The second kappa shape index (κ2) is 3.18. The molecule has 0 aromatic heterocycles. The lowest BCUT2D eigenvalue weighted by Gasteiger charge is -2.46. The van der Waals surface area contributed by atoms with Gasteiger partial charge in [-0.1, -0.05) is 0 Å². The highest BCUT2D eigenvalue weighted by molar-refractivity contribution is 5.71. The van der Waals surface area contributed by atoms with Crippen LogP contribution < -0.4 is 0 Å². The number of aliphatic hydroxyl groups is 2. The van der Waals surface area contributed by atoms with Crippen LogP contribution in [0.4, 0.5) is 0 Å². The molecule has 0 radical (unpaired) electrons. The maximum absolute atomic E-state index is 10.9. The van der Waals surface area contributed by atoms with Crippen LogP contribution in [0, 0.1) is 5.92 Å².